The second-order valence-corrected chi connectivity index (χ2v) is 4.84. The third-order valence-corrected chi connectivity index (χ3v) is 2.53. The molecule has 17 heavy (non-hydrogen) atoms. The number of benzene rings is 1. The molecule has 1 aromatic carbocycles. The number of hydrogen-bond donors (Lipinski definition) is 2. The number of nitrogens with zero attached hydrogens (tertiary/aromatic N) is 1. The van der Waals surface area contributed by atoms with Gasteiger partial charge in [0.05, 0.1) is 11.6 Å². The predicted molar refractivity (Wildman–Crippen MR) is 63.7 cm³/mol. The fourth-order valence-electron chi connectivity index (χ4n) is 1.35. The second-order valence-electron chi connectivity index (χ2n) is 4.84. The third kappa shape index (κ3) is 4.14. The molecular weight excluding hydrogens is 219 g/mol. The van der Waals surface area contributed by atoms with Crippen molar-refractivity contribution in [3.63, 3.8) is 0 Å². The van der Waals surface area contributed by atoms with Crippen molar-refractivity contribution < 1.29 is 9.50 Å². The molecule has 0 radical (unpaired) electrons. The van der Waals surface area contributed by atoms with Crippen LogP contribution < -0.4 is 5.32 Å². The van der Waals surface area contributed by atoms with Crippen LogP contribution >= 0.6 is 0 Å². The fourth-order valence-corrected chi connectivity index (χ4v) is 1.35. The van der Waals surface area contributed by atoms with Crippen LogP contribution in [0, 0.1) is 22.6 Å². The Morgan fingerprint density at radius 3 is 2.71 bits per heavy atom. The lowest BCUT2D eigenvalue weighted by Crippen LogP contribution is -2.32. The number of halogens is 1. The average molecular weight is 236 g/mol. The summed E-state index contributed by atoms with van der Waals surface area (Å²) in [7, 11) is 0. The topological polar surface area (TPSA) is 56.0 Å². The van der Waals surface area contributed by atoms with Crippen molar-refractivity contribution >= 4 is 0 Å². The van der Waals surface area contributed by atoms with Gasteiger partial charge in [0.1, 0.15) is 5.82 Å². The molecule has 0 unspecified atom stereocenters. The smallest absolute Gasteiger partial charge is 0.129 e. The largest absolute Gasteiger partial charge is 0.396 e. The molecule has 1 rings (SSSR count). The van der Waals surface area contributed by atoms with E-state index in [9.17, 15) is 4.39 Å². The highest BCUT2D eigenvalue weighted by Crippen LogP contribution is 2.13. The van der Waals surface area contributed by atoms with E-state index in [1.807, 2.05) is 19.9 Å². The SMILES string of the molecule is CC(C)(CO)CNCc1ccc(C#N)cc1F. The van der Waals surface area contributed by atoms with Gasteiger partial charge in [-0.1, -0.05) is 19.9 Å². The van der Waals surface area contributed by atoms with Crippen LogP contribution in [0.5, 0.6) is 0 Å². The van der Waals surface area contributed by atoms with Crippen LogP contribution in [0.25, 0.3) is 0 Å². The van der Waals surface area contributed by atoms with Gasteiger partial charge in [-0.25, -0.2) is 4.39 Å². The summed E-state index contributed by atoms with van der Waals surface area (Å²) >= 11 is 0. The molecule has 2 N–H and O–H groups in total. The van der Waals surface area contributed by atoms with Crippen molar-refractivity contribution in [1.82, 2.24) is 5.32 Å². The molecule has 0 saturated carbocycles. The van der Waals surface area contributed by atoms with Gasteiger partial charge in [0, 0.05) is 30.7 Å². The molecule has 0 aromatic heterocycles. The van der Waals surface area contributed by atoms with E-state index in [1.54, 1.807) is 12.1 Å². The Balaban J connectivity index is 2.56. The van der Waals surface area contributed by atoms with Crippen molar-refractivity contribution in [3.05, 3.63) is 35.1 Å². The second kappa shape index (κ2) is 5.76. The van der Waals surface area contributed by atoms with Gasteiger partial charge in [-0.2, -0.15) is 5.26 Å². The van der Waals surface area contributed by atoms with E-state index < -0.39 is 0 Å². The standard InChI is InChI=1S/C13H17FN2O/c1-13(2,9-17)8-16-7-11-4-3-10(6-15)5-12(11)14/h3-5,16-17H,7-9H2,1-2H3. The molecule has 0 spiro atoms. The lowest BCUT2D eigenvalue weighted by molar-refractivity contribution is 0.156. The highest BCUT2D eigenvalue weighted by Gasteiger charge is 2.15. The quantitative estimate of drug-likeness (QED) is 0.819. The van der Waals surface area contributed by atoms with Crippen LogP contribution in [0.3, 0.4) is 0 Å². The molecule has 3 nitrogen and oxygen atoms in total. The first-order valence-electron chi connectivity index (χ1n) is 5.48. The van der Waals surface area contributed by atoms with Crippen molar-refractivity contribution in [2.24, 2.45) is 5.41 Å². The Bertz CT molecular complexity index is 424. The molecule has 0 aliphatic heterocycles. The number of rotatable bonds is 5. The van der Waals surface area contributed by atoms with Gasteiger partial charge in [-0.05, 0) is 12.1 Å². The average Bonchev–Trinajstić information content (AvgIpc) is 2.31. The minimum absolute atomic E-state index is 0.0792. The summed E-state index contributed by atoms with van der Waals surface area (Å²) in [6.07, 6.45) is 0. The maximum absolute atomic E-state index is 13.5. The van der Waals surface area contributed by atoms with Gasteiger partial charge >= 0.3 is 0 Å². The summed E-state index contributed by atoms with van der Waals surface area (Å²) in [4.78, 5) is 0. The first kappa shape index (κ1) is 13.6. The molecule has 0 saturated heterocycles. The van der Waals surface area contributed by atoms with Gasteiger partial charge in [0.25, 0.3) is 0 Å². The minimum Gasteiger partial charge on any atom is -0.396 e. The van der Waals surface area contributed by atoms with Crippen molar-refractivity contribution in [2.45, 2.75) is 20.4 Å². The third-order valence-electron chi connectivity index (χ3n) is 2.53. The summed E-state index contributed by atoms with van der Waals surface area (Å²) < 4.78 is 13.5. The van der Waals surface area contributed by atoms with Crippen molar-refractivity contribution in [1.29, 1.82) is 5.26 Å². The normalized spacial score (nSPS) is 11.2. The zero-order valence-electron chi connectivity index (χ0n) is 10.1. The Labute approximate surface area is 101 Å². The summed E-state index contributed by atoms with van der Waals surface area (Å²) in [6.45, 7) is 4.92. The molecule has 92 valence electrons. The number of aliphatic hydroxyl groups excluding tert-OH is 1. The Hall–Kier alpha value is -1.44. The first-order chi connectivity index (χ1) is 7.98. The molecular formula is C13H17FN2O. The molecule has 0 aliphatic rings. The van der Waals surface area contributed by atoms with Gasteiger partial charge in [-0.15, -0.1) is 0 Å². The summed E-state index contributed by atoms with van der Waals surface area (Å²) in [5.74, 6) is -0.377. The molecule has 0 atom stereocenters. The summed E-state index contributed by atoms with van der Waals surface area (Å²) in [5, 5.41) is 20.8. The van der Waals surface area contributed by atoms with Gasteiger partial charge < -0.3 is 10.4 Å². The van der Waals surface area contributed by atoms with Crippen molar-refractivity contribution in [3.8, 4) is 6.07 Å². The highest BCUT2D eigenvalue weighted by molar-refractivity contribution is 5.32. The Morgan fingerprint density at radius 2 is 2.18 bits per heavy atom. The lowest BCUT2D eigenvalue weighted by Gasteiger charge is -2.22. The van der Waals surface area contributed by atoms with Crippen LogP contribution in [0.1, 0.15) is 25.0 Å². The Morgan fingerprint density at radius 1 is 1.47 bits per heavy atom. The van der Waals surface area contributed by atoms with Crippen LogP contribution in [0.4, 0.5) is 4.39 Å². The van der Waals surface area contributed by atoms with Gasteiger partial charge in [0.15, 0.2) is 0 Å². The van der Waals surface area contributed by atoms with Crippen LogP contribution in [0.15, 0.2) is 18.2 Å². The molecule has 0 heterocycles. The van der Waals surface area contributed by atoms with E-state index in [4.69, 9.17) is 10.4 Å². The van der Waals surface area contributed by atoms with Crippen molar-refractivity contribution in [2.75, 3.05) is 13.2 Å². The zero-order valence-corrected chi connectivity index (χ0v) is 10.1. The summed E-state index contributed by atoms with van der Waals surface area (Å²) in [6, 6.07) is 6.32. The predicted octanol–water partition coefficient (Wildman–Crippen LogP) is 1.81. The van der Waals surface area contributed by atoms with Gasteiger partial charge in [-0.3, -0.25) is 0 Å². The molecule has 1 aromatic rings. The number of nitriles is 1. The van der Waals surface area contributed by atoms with Crippen LogP contribution in [-0.4, -0.2) is 18.3 Å². The minimum atomic E-state index is -0.377. The maximum atomic E-state index is 13.5. The van der Waals surface area contributed by atoms with Crippen LogP contribution in [0.2, 0.25) is 0 Å². The van der Waals surface area contributed by atoms with E-state index >= 15 is 0 Å². The first-order valence-corrected chi connectivity index (χ1v) is 5.48. The fraction of sp³-hybridized carbons (Fsp3) is 0.462. The monoisotopic (exact) mass is 236 g/mol. The van der Waals surface area contributed by atoms with E-state index in [2.05, 4.69) is 5.32 Å². The molecule has 0 amide bonds. The van der Waals surface area contributed by atoms with E-state index in [1.165, 1.54) is 6.07 Å². The van der Waals surface area contributed by atoms with E-state index in [-0.39, 0.29) is 17.8 Å². The lowest BCUT2D eigenvalue weighted by atomic mass is 9.95. The summed E-state index contributed by atoms with van der Waals surface area (Å²) in [5.41, 5.74) is 0.628. The molecule has 0 fully saturated rings. The van der Waals surface area contributed by atoms with Crippen LogP contribution in [-0.2, 0) is 6.54 Å². The van der Waals surface area contributed by atoms with Gasteiger partial charge in [0.2, 0.25) is 0 Å². The molecule has 0 bridgehead atoms. The highest BCUT2D eigenvalue weighted by atomic mass is 19.1. The number of aliphatic hydroxyl groups is 1. The zero-order chi connectivity index (χ0) is 12.9. The maximum Gasteiger partial charge on any atom is 0.129 e. The van der Waals surface area contributed by atoms with E-state index in [0.29, 0.717) is 24.2 Å². The molecule has 0 aliphatic carbocycles. The van der Waals surface area contributed by atoms with E-state index in [0.717, 1.165) is 0 Å². The molecule has 4 heteroatoms. The Kier molecular flexibility index (Phi) is 4.62. The number of hydrogen-bond acceptors (Lipinski definition) is 3. The number of nitrogens with one attached hydrogen (secondary N) is 1.